The molecule has 0 aromatic rings. The molecule has 1 aliphatic heterocycles. The minimum atomic E-state index is -0.362. The average Bonchev–Trinajstić information content (AvgIpc) is 3.13. The average molecular weight is 522 g/mol. The summed E-state index contributed by atoms with van der Waals surface area (Å²) in [5, 5.41) is 6.85. The maximum absolute atomic E-state index is 12.0. The molecule has 0 bridgehead atoms. The summed E-state index contributed by atoms with van der Waals surface area (Å²) in [6, 6.07) is 0. The molecule has 8 heteroatoms. The molecule has 204 valence electrons. The molecule has 0 unspecified atom stereocenters. The second-order valence-electron chi connectivity index (χ2n) is 10.2. The molecule has 1 saturated heterocycles. The molecule has 0 saturated carbocycles. The van der Waals surface area contributed by atoms with Crippen molar-refractivity contribution >= 4 is 39.3 Å². The Morgan fingerprint density at radius 1 is 1.09 bits per heavy atom. The third-order valence-corrected chi connectivity index (χ3v) is 7.89. The molecule has 0 amide bonds. The van der Waals surface area contributed by atoms with Crippen molar-refractivity contribution < 1.29 is 14.3 Å². The van der Waals surface area contributed by atoms with E-state index in [1.54, 1.807) is 7.05 Å². The minimum absolute atomic E-state index is 0.00713. The Hall–Kier alpha value is -0.890. The fraction of sp³-hybridized carbons (Fsp3) is 0.885. The Labute approximate surface area is 219 Å². The lowest BCUT2D eigenvalue weighted by Crippen LogP contribution is -2.35. The summed E-state index contributed by atoms with van der Waals surface area (Å²) in [6.07, 6.45) is 6.03. The first-order valence-electron chi connectivity index (χ1n) is 12.6. The highest BCUT2D eigenvalue weighted by atomic mass is 33.1. The molecular formula is C26H55N3O3S2. The normalized spacial score (nSPS) is 17.1. The highest BCUT2D eigenvalue weighted by Crippen LogP contribution is 2.49. The number of Topliss-reactive ketones (excluding diaryl/α,β-unsaturated/α-hetero) is 1. The number of hydrogen-bond acceptors (Lipinski definition) is 6. The van der Waals surface area contributed by atoms with Crippen LogP contribution in [0.4, 0.5) is 0 Å². The summed E-state index contributed by atoms with van der Waals surface area (Å²) in [6.45, 7) is 22.6. The molecule has 1 atom stereocenters. The zero-order valence-electron chi connectivity index (χ0n) is 24.2. The van der Waals surface area contributed by atoms with Crippen LogP contribution < -0.4 is 5.73 Å². The molecule has 3 N–H and O–H groups in total. The summed E-state index contributed by atoms with van der Waals surface area (Å²) in [5.74, 6) is 1.16. The largest absolute Gasteiger partial charge is 0.460 e. The van der Waals surface area contributed by atoms with Crippen LogP contribution in [0.1, 0.15) is 115 Å². The number of ether oxygens (including phenoxy) is 1. The van der Waals surface area contributed by atoms with Gasteiger partial charge in [-0.2, -0.15) is 0 Å². The number of nitrogens with zero attached hydrogens (tertiary/aromatic N) is 1. The molecule has 1 rings (SSSR count). The first kappa shape index (κ1) is 37.7. The van der Waals surface area contributed by atoms with Gasteiger partial charge in [-0.15, -0.1) is 0 Å². The van der Waals surface area contributed by atoms with Gasteiger partial charge in [0.05, 0.1) is 6.54 Å². The fourth-order valence-electron chi connectivity index (χ4n) is 3.51. The topological polar surface area (TPSA) is 96.5 Å². The number of hydrogen-bond donors (Lipinski definition) is 2. The predicted molar refractivity (Wildman–Crippen MR) is 154 cm³/mol. The lowest BCUT2D eigenvalue weighted by Gasteiger charge is -2.32. The summed E-state index contributed by atoms with van der Waals surface area (Å²) < 4.78 is 6.09. The van der Waals surface area contributed by atoms with Crippen LogP contribution in [0.5, 0.6) is 0 Å². The first-order valence-corrected chi connectivity index (χ1v) is 14.9. The summed E-state index contributed by atoms with van der Waals surface area (Å²) >= 11 is 0. The zero-order chi connectivity index (χ0) is 27.6. The van der Waals surface area contributed by atoms with Gasteiger partial charge in [-0.25, -0.2) is 0 Å². The lowest BCUT2D eigenvalue weighted by molar-refractivity contribution is -0.159. The predicted octanol–water partition coefficient (Wildman–Crippen LogP) is 7.30. The van der Waals surface area contributed by atoms with Crippen LogP contribution in [0.25, 0.3) is 0 Å². The third kappa shape index (κ3) is 22.9. The van der Waals surface area contributed by atoms with Gasteiger partial charge in [0.1, 0.15) is 11.4 Å². The molecule has 1 heterocycles. The van der Waals surface area contributed by atoms with Gasteiger partial charge in [0.2, 0.25) is 0 Å². The van der Waals surface area contributed by atoms with Gasteiger partial charge in [0.15, 0.2) is 5.96 Å². The molecule has 0 radical (unpaired) electrons. The van der Waals surface area contributed by atoms with E-state index >= 15 is 0 Å². The summed E-state index contributed by atoms with van der Waals surface area (Å²) in [7, 11) is 5.60. The molecule has 1 fully saturated rings. The van der Waals surface area contributed by atoms with Gasteiger partial charge in [-0.05, 0) is 58.8 Å². The number of ketones is 1. The Kier molecular flexibility index (Phi) is 21.4. The van der Waals surface area contributed by atoms with Gasteiger partial charge in [-0.1, -0.05) is 76.5 Å². The fourth-order valence-corrected chi connectivity index (χ4v) is 6.81. The maximum atomic E-state index is 12.0. The van der Waals surface area contributed by atoms with E-state index in [0.29, 0.717) is 11.2 Å². The van der Waals surface area contributed by atoms with Crippen molar-refractivity contribution in [3.8, 4) is 0 Å². The second-order valence-corrected chi connectivity index (χ2v) is 13.2. The Bertz CT molecular complexity index is 570. The number of unbranched alkanes of at least 4 members (excludes halogenated alkanes) is 1. The van der Waals surface area contributed by atoms with E-state index in [2.05, 4.69) is 27.7 Å². The molecular weight excluding hydrogens is 466 g/mol. The number of likely N-dealkylation sites (N-methyl/N-ethyl adjacent to an activating group) is 1. The summed E-state index contributed by atoms with van der Waals surface area (Å²) in [5.41, 5.74) is 4.86. The van der Waals surface area contributed by atoms with E-state index in [1.807, 2.05) is 63.1 Å². The van der Waals surface area contributed by atoms with E-state index in [0.717, 1.165) is 19.3 Å². The van der Waals surface area contributed by atoms with Gasteiger partial charge < -0.3 is 15.4 Å². The molecule has 0 aliphatic carbocycles. The van der Waals surface area contributed by atoms with Crippen molar-refractivity contribution in [2.24, 2.45) is 11.1 Å². The van der Waals surface area contributed by atoms with Crippen LogP contribution >= 0.6 is 21.6 Å². The smallest absolute Gasteiger partial charge is 0.306 e. The van der Waals surface area contributed by atoms with E-state index in [9.17, 15) is 9.59 Å². The van der Waals surface area contributed by atoms with Crippen LogP contribution in [0.3, 0.4) is 0 Å². The van der Waals surface area contributed by atoms with Crippen molar-refractivity contribution in [3.63, 3.8) is 0 Å². The van der Waals surface area contributed by atoms with Crippen LogP contribution in [0.2, 0.25) is 0 Å². The lowest BCUT2D eigenvalue weighted by atomic mass is 9.83. The Morgan fingerprint density at radius 3 is 1.97 bits per heavy atom. The van der Waals surface area contributed by atoms with Crippen LogP contribution in [-0.2, 0) is 14.3 Å². The molecule has 0 aromatic carbocycles. The van der Waals surface area contributed by atoms with E-state index in [4.69, 9.17) is 15.9 Å². The van der Waals surface area contributed by atoms with Crippen LogP contribution in [-0.4, -0.2) is 52.3 Å². The number of carbonyl (C=O) groups excluding carboxylic acids is 2. The molecule has 34 heavy (non-hydrogen) atoms. The number of guanidine groups is 1. The molecule has 1 aliphatic rings. The van der Waals surface area contributed by atoms with Gasteiger partial charge in [0, 0.05) is 24.0 Å². The maximum Gasteiger partial charge on any atom is 0.306 e. The quantitative estimate of drug-likeness (QED) is 0.108. The standard InChI is InChI=1S/C17H32O2S2.C5H11N3O.2C2H6/c1-15(2,3)13-16(4,5)19-14(18)9-7-8-10-17(6)11-12-20-21-17;1-4(9)3-8(2)5(6)7;2*1-2/h7-13H2,1-6H3;3H2,1-2H3,(H3,6,7);2*1-2H3/t17-;;;/m1.../s1. The monoisotopic (exact) mass is 521 g/mol. The SMILES string of the molecule is CC.CC.CC(=O)CN(C)C(=N)N.CC(C)(C)CC(C)(C)OC(=O)CCCC[C@]1(C)CCSS1. The van der Waals surface area contributed by atoms with E-state index < -0.39 is 0 Å². The zero-order valence-corrected chi connectivity index (χ0v) is 25.9. The van der Waals surface area contributed by atoms with Crippen molar-refractivity contribution in [2.45, 2.75) is 125 Å². The first-order chi connectivity index (χ1) is 15.6. The number of nitrogens with one attached hydrogen (secondary N) is 1. The van der Waals surface area contributed by atoms with Crippen molar-refractivity contribution in [1.82, 2.24) is 4.90 Å². The number of esters is 1. The van der Waals surface area contributed by atoms with Crippen molar-refractivity contribution in [1.29, 1.82) is 5.41 Å². The number of nitrogens with two attached hydrogens (primary N) is 1. The molecule has 6 nitrogen and oxygen atoms in total. The van der Waals surface area contributed by atoms with Gasteiger partial charge in [0.25, 0.3) is 0 Å². The minimum Gasteiger partial charge on any atom is -0.460 e. The Morgan fingerprint density at radius 2 is 1.62 bits per heavy atom. The molecule has 0 aromatic heterocycles. The Balaban J connectivity index is -0.000000619. The van der Waals surface area contributed by atoms with E-state index in [-0.39, 0.29) is 35.3 Å². The van der Waals surface area contributed by atoms with Gasteiger partial charge in [-0.3, -0.25) is 15.0 Å². The van der Waals surface area contributed by atoms with Crippen molar-refractivity contribution in [3.05, 3.63) is 0 Å². The third-order valence-electron chi connectivity index (χ3n) is 4.53. The number of carbonyl (C=O) groups is 2. The van der Waals surface area contributed by atoms with E-state index in [1.165, 1.54) is 30.4 Å². The summed E-state index contributed by atoms with van der Waals surface area (Å²) in [4.78, 5) is 23.7. The van der Waals surface area contributed by atoms with Crippen molar-refractivity contribution in [2.75, 3.05) is 19.3 Å². The van der Waals surface area contributed by atoms with Gasteiger partial charge >= 0.3 is 5.97 Å². The highest BCUT2D eigenvalue weighted by molar-refractivity contribution is 8.77. The van der Waals surface area contributed by atoms with Crippen LogP contribution in [0, 0.1) is 10.8 Å². The highest BCUT2D eigenvalue weighted by Gasteiger charge is 2.31. The second kappa shape index (κ2) is 19.3. The molecule has 0 spiro atoms. The van der Waals surface area contributed by atoms with Crippen LogP contribution in [0.15, 0.2) is 0 Å². The number of rotatable bonds is 9.